The van der Waals surface area contributed by atoms with Crippen LogP contribution in [0.3, 0.4) is 0 Å². The van der Waals surface area contributed by atoms with Crippen molar-refractivity contribution in [3.05, 3.63) is 0 Å². The molecule has 0 aromatic rings. The molecule has 0 aromatic heterocycles. The monoisotopic (exact) mass is 1220 g/mol. The summed E-state index contributed by atoms with van der Waals surface area (Å²) in [4.78, 5) is 7.59. The van der Waals surface area contributed by atoms with Gasteiger partial charge in [-0.15, -0.1) is 5.10 Å². The van der Waals surface area contributed by atoms with Gasteiger partial charge in [0.1, 0.15) is 110 Å². The van der Waals surface area contributed by atoms with E-state index in [4.69, 9.17) is 88.8 Å². The topological polar surface area (TPSA) is 709 Å². The fraction of sp³-hybridized carbons (Fsp3) is 0.837. The van der Waals surface area contributed by atoms with Crippen molar-refractivity contribution in [2.45, 2.75) is 196 Å². The largest absolute Gasteiger partial charge is 0.394 e. The van der Waals surface area contributed by atoms with E-state index >= 15 is 0 Å². The summed E-state index contributed by atoms with van der Waals surface area (Å²) in [6.45, 7) is 0.933. The first-order valence-corrected chi connectivity index (χ1v) is 26.0. The molecule has 2 saturated carbocycles. The quantitative estimate of drug-likeness (QED) is 0.0306. The van der Waals surface area contributed by atoms with Gasteiger partial charge in [-0.3, -0.25) is 10.8 Å². The second kappa shape index (κ2) is 28.1. The molecule has 4 saturated heterocycles. The summed E-state index contributed by atoms with van der Waals surface area (Å²) in [5.74, 6) is -3.36. The number of likely N-dealkylation sites (N-methyl/N-ethyl adjacent to an activating group) is 2. The van der Waals surface area contributed by atoms with E-state index in [1.165, 1.54) is 27.9 Å². The van der Waals surface area contributed by atoms with Crippen molar-refractivity contribution in [2.24, 2.45) is 65.4 Å². The Bertz CT molecular complexity index is 2370. The lowest BCUT2D eigenvalue weighted by molar-refractivity contribution is -0.313. The minimum atomic E-state index is -2.53. The van der Waals surface area contributed by atoms with Crippen molar-refractivity contribution >= 4 is 42.2 Å². The Kier molecular flexibility index (Phi) is 22.7. The molecule has 30 atom stereocenters. The molecule has 6 aliphatic rings. The second-order valence-corrected chi connectivity index (χ2v) is 20.7. The maximum absolute atomic E-state index is 12.5. The zero-order chi connectivity index (χ0) is 62.6. The van der Waals surface area contributed by atoms with Crippen LogP contribution in [-0.2, 0) is 37.9 Å². The number of nitrogens with zero attached hydrogens (tertiary/aromatic N) is 5. The minimum Gasteiger partial charge on any atom is -0.394 e. The fourth-order valence-corrected chi connectivity index (χ4v) is 10.7. The molecule has 4 heterocycles. The summed E-state index contributed by atoms with van der Waals surface area (Å²) in [6, 6.07) is -8.99. The van der Waals surface area contributed by atoms with Gasteiger partial charge >= 0.3 is 0 Å². The average Bonchev–Trinajstić information content (AvgIpc) is 1.77. The third-order valence-electron chi connectivity index (χ3n) is 15.3. The van der Waals surface area contributed by atoms with E-state index < -0.39 is 225 Å². The number of nitrogens with one attached hydrogen (secondary N) is 7. The number of rotatable bonds is 20. The van der Waals surface area contributed by atoms with Crippen molar-refractivity contribution in [1.82, 2.24) is 26.7 Å². The number of guanidine groups is 5. The van der Waals surface area contributed by atoms with Crippen molar-refractivity contribution in [1.29, 1.82) is 10.8 Å². The lowest BCUT2D eigenvalue weighted by Gasteiger charge is -2.46. The lowest BCUT2D eigenvalue weighted by Crippen LogP contribution is -2.70. The maximum Gasteiger partial charge on any atom is 0.234 e. The van der Waals surface area contributed by atoms with Crippen LogP contribution in [0.2, 0.25) is 0 Å². The number of hydrazone groups is 1. The summed E-state index contributed by atoms with van der Waals surface area (Å²) in [5, 5.41) is 194. The van der Waals surface area contributed by atoms with Crippen LogP contribution in [0.5, 0.6) is 0 Å². The average molecular weight is 1220 g/mol. The van der Waals surface area contributed by atoms with Gasteiger partial charge in [-0.05, 0) is 27.9 Å². The van der Waals surface area contributed by atoms with E-state index in [9.17, 15) is 71.5 Å². The molecule has 0 bridgehead atoms. The highest BCUT2D eigenvalue weighted by atomic mass is 16.8. The van der Waals surface area contributed by atoms with Crippen LogP contribution in [0.15, 0.2) is 25.3 Å². The van der Waals surface area contributed by atoms with Gasteiger partial charge in [-0.2, -0.15) is 10.2 Å². The van der Waals surface area contributed by atoms with Gasteiger partial charge in [0.25, 0.3) is 0 Å². The van der Waals surface area contributed by atoms with E-state index in [-0.39, 0.29) is 0 Å². The summed E-state index contributed by atoms with van der Waals surface area (Å²) in [6.07, 6.45) is -37.1. The Morgan fingerprint density at radius 2 is 0.893 bits per heavy atom. The first kappa shape index (κ1) is 67.9. The van der Waals surface area contributed by atoms with E-state index in [0.717, 1.165) is 12.4 Å². The summed E-state index contributed by atoms with van der Waals surface area (Å²) < 4.78 is 48.4. The van der Waals surface area contributed by atoms with Gasteiger partial charge in [0.2, 0.25) is 5.96 Å². The molecule has 84 heavy (non-hydrogen) atoms. The Balaban J connectivity index is 1.32. The second-order valence-electron chi connectivity index (χ2n) is 20.7. The molecule has 480 valence electrons. The standard InChI is InChI=1S/C43H81N19O22/c1-9-42(75,31(83-33-17(53-3)25(71)19(65)11(5-63)79-33)35(77-9)81-29-15(59-39(48)49)21(67)13(57-37(44)45)23(69)27(29)73)7-55-61-41(52)62-56-8-43(76)10(2)78-36(32(43)84-34-18(54-4)26(72)20(66)12(6-64)80-34)82-30-16(60-40(50)51)22(68)14(58-38(46)47)24(70)28(30)74/h7-36,53-54,63-76H,5-6H2,1-4H3,(H4,44,45,57)(H4,46,47,58)(H4,48,49,59)(H4,50,51,60)(H3,52,61,62). The van der Waals surface area contributed by atoms with Gasteiger partial charge in [0.15, 0.2) is 60.2 Å². The molecular weight excluding hydrogens is 1130 g/mol. The summed E-state index contributed by atoms with van der Waals surface area (Å²) in [5.41, 5.74) is 36.7. The molecule has 0 amide bonds. The first-order chi connectivity index (χ1) is 39.4. The predicted molar refractivity (Wildman–Crippen MR) is 284 cm³/mol. The Hall–Kier alpha value is -5.27. The number of ether oxygens (including phenoxy) is 8. The zero-order valence-electron chi connectivity index (χ0n) is 45.5. The van der Waals surface area contributed by atoms with E-state index in [0.29, 0.717) is 0 Å². The molecule has 0 aromatic carbocycles. The van der Waals surface area contributed by atoms with Gasteiger partial charge in [-0.25, -0.2) is 15.4 Å². The van der Waals surface area contributed by atoms with E-state index in [1.54, 1.807) is 0 Å². The van der Waals surface area contributed by atoms with Crippen LogP contribution in [0.25, 0.3) is 0 Å². The van der Waals surface area contributed by atoms with Gasteiger partial charge in [-0.1, -0.05) is 0 Å². The van der Waals surface area contributed by atoms with Crippen molar-refractivity contribution in [3.8, 4) is 0 Å². The maximum atomic E-state index is 12.5. The molecule has 41 nitrogen and oxygen atoms in total. The molecule has 6 fully saturated rings. The molecule has 0 spiro atoms. The van der Waals surface area contributed by atoms with Crippen molar-refractivity contribution in [2.75, 3.05) is 27.3 Å². The number of aliphatic imine (C=N–C) groups is 2. The number of aliphatic hydroxyl groups excluding tert-OH is 12. The Morgan fingerprint density at radius 1 is 0.512 bits per heavy atom. The fourth-order valence-electron chi connectivity index (χ4n) is 10.7. The van der Waals surface area contributed by atoms with Gasteiger partial charge in [0.05, 0.1) is 62.0 Å². The minimum absolute atomic E-state index is 0.587. The SMILES string of the molecule is CNC1C(OC2C(OC3C(O)C(O)C(N=C(N)N)C(O)C3NC(=N)N)OC(C)C2(O)C=N/N=C(\N)NN=CC2(O)C(C)OC(OC3C(O)C(O)C(N=C(N)N)C(O)C3NC(=N)N)C2OC2OC(CO)C(O)C(O)C2NC)OC(CO)C(O)C1O. The van der Waals surface area contributed by atoms with Crippen molar-refractivity contribution in [3.63, 3.8) is 0 Å². The van der Waals surface area contributed by atoms with Crippen LogP contribution in [0.1, 0.15) is 13.8 Å². The molecule has 30 unspecified atom stereocenters. The van der Waals surface area contributed by atoms with Crippen LogP contribution in [-0.4, -0.2) is 324 Å². The lowest BCUT2D eigenvalue weighted by atomic mass is 9.81. The van der Waals surface area contributed by atoms with E-state index in [2.05, 4.69) is 52.0 Å². The highest BCUT2D eigenvalue weighted by molar-refractivity contribution is 5.81. The van der Waals surface area contributed by atoms with Crippen LogP contribution in [0, 0.1) is 10.8 Å². The van der Waals surface area contributed by atoms with Crippen LogP contribution in [0.4, 0.5) is 0 Å². The highest BCUT2D eigenvalue weighted by Gasteiger charge is 2.63. The number of aliphatic hydroxyl groups is 14. The zero-order valence-corrected chi connectivity index (χ0v) is 45.5. The first-order valence-electron chi connectivity index (χ1n) is 26.0. The van der Waals surface area contributed by atoms with E-state index in [1.807, 2.05) is 0 Å². The highest BCUT2D eigenvalue weighted by Crippen LogP contribution is 2.41. The predicted octanol–water partition coefficient (Wildman–Crippen LogP) is -16.4. The normalized spacial score (nSPS) is 46.4. The van der Waals surface area contributed by atoms with Crippen molar-refractivity contribution < 1.29 is 109 Å². The molecule has 4 aliphatic heterocycles. The van der Waals surface area contributed by atoms with Crippen LogP contribution >= 0.6 is 0 Å². The Morgan fingerprint density at radius 3 is 1.24 bits per heavy atom. The third kappa shape index (κ3) is 14.1. The smallest absolute Gasteiger partial charge is 0.234 e. The summed E-state index contributed by atoms with van der Waals surface area (Å²) >= 11 is 0. The molecule has 41 heteroatoms. The molecule has 0 radical (unpaired) electrons. The summed E-state index contributed by atoms with van der Waals surface area (Å²) in [7, 11) is 2.72. The van der Waals surface area contributed by atoms with Crippen LogP contribution < -0.4 is 66.8 Å². The number of nitrogens with two attached hydrogens (primary N) is 7. The number of hydrogen-bond acceptors (Lipinski definition) is 31. The molecule has 35 N–H and O–H groups in total. The van der Waals surface area contributed by atoms with Gasteiger partial charge < -0.3 is 171 Å². The number of hydrogen-bond donors (Lipinski definition) is 28. The van der Waals surface area contributed by atoms with Gasteiger partial charge in [0, 0.05) is 0 Å². The third-order valence-corrected chi connectivity index (χ3v) is 15.3. The molecule has 2 aliphatic carbocycles. The Labute approximate surface area is 477 Å². The molecule has 6 rings (SSSR count). The molecular formula is C43H81N19O22.